The van der Waals surface area contributed by atoms with Gasteiger partial charge < -0.3 is 5.32 Å². The lowest BCUT2D eigenvalue weighted by Crippen LogP contribution is -2.38. The lowest BCUT2D eigenvalue weighted by molar-refractivity contribution is 0.0922. The quantitative estimate of drug-likeness (QED) is 0.896. The first kappa shape index (κ1) is 15.8. The summed E-state index contributed by atoms with van der Waals surface area (Å²) in [5.74, 6) is 0.397. The van der Waals surface area contributed by atoms with Gasteiger partial charge in [-0.25, -0.2) is 8.42 Å². The van der Waals surface area contributed by atoms with E-state index < -0.39 is 10.0 Å². The number of para-hydroxylation sites is 1. The molecule has 2 atom stereocenters. The molecule has 0 radical (unpaired) electrons. The first-order valence-corrected chi connectivity index (χ1v) is 9.12. The zero-order valence-electron chi connectivity index (χ0n) is 12.4. The minimum Gasteiger partial charge on any atom is -0.349 e. The van der Waals surface area contributed by atoms with Crippen molar-refractivity contribution in [3.8, 4) is 0 Å². The van der Waals surface area contributed by atoms with Crippen LogP contribution >= 0.6 is 0 Å². The maximum absolute atomic E-state index is 12.4. The molecule has 1 saturated carbocycles. The predicted octanol–water partition coefficient (Wildman–Crippen LogP) is 2.37. The highest BCUT2D eigenvalue weighted by molar-refractivity contribution is 7.92. The van der Waals surface area contributed by atoms with Gasteiger partial charge in [-0.15, -0.1) is 0 Å². The lowest BCUT2D eigenvalue weighted by Gasteiger charge is -2.27. The van der Waals surface area contributed by atoms with Crippen LogP contribution in [0.4, 0.5) is 5.69 Å². The standard InChI is InChI=1S/C15H22N2O3S/c1-11-6-5-7-12(10-11)16-15(18)13-8-3-4-9-14(13)17-21(2,19)20/h3-4,8-9,11-12,17H,5-7,10H2,1-2H3,(H,16,18). The molecule has 0 heterocycles. The fourth-order valence-electron chi connectivity index (χ4n) is 2.80. The number of sulfonamides is 1. The first-order valence-electron chi connectivity index (χ1n) is 7.23. The Kier molecular flexibility index (Phi) is 4.88. The monoisotopic (exact) mass is 310 g/mol. The average Bonchev–Trinajstić information content (AvgIpc) is 2.37. The van der Waals surface area contributed by atoms with Gasteiger partial charge in [0.2, 0.25) is 10.0 Å². The average molecular weight is 310 g/mol. The summed E-state index contributed by atoms with van der Waals surface area (Å²) in [7, 11) is -3.41. The molecule has 1 aliphatic carbocycles. The summed E-state index contributed by atoms with van der Waals surface area (Å²) in [4.78, 5) is 12.4. The Bertz CT molecular complexity index is 613. The van der Waals surface area contributed by atoms with Crippen LogP contribution in [-0.2, 0) is 10.0 Å². The molecular formula is C15H22N2O3S. The molecule has 2 unspecified atom stereocenters. The van der Waals surface area contributed by atoms with Gasteiger partial charge in [0.05, 0.1) is 17.5 Å². The molecule has 0 bridgehead atoms. The second-order valence-corrected chi connectivity index (χ2v) is 7.61. The maximum atomic E-state index is 12.4. The molecule has 1 aromatic rings. The summed E-state index contributed by atoms with van der Waals surface area (Å²) in [5, 5.41) is 3.02. The largest absolute Gasteiger partial charge is 0.349 e. The Hall–Kier alpha value is -1.56. The van der Waals surface area contributed by atoms with E-state index in [1.807, 2.05) is 0 Å². The summed E-state index contributed by atoms with van der Waals surface area (Å²) in [6.45, 7) is 2.19. The van der Waals surface area contributed by atoms with Crippen LogP contribution in [0.5, 0.6) is 0 Å². The van der Waals surface area contributed by atoms with Crippen LogP contribution in [0.25, 0.3) is 0 Å². The maximum Gasteiger partial charge on any atom is 0.253 e. The number of rotatable bonds is 4. The van der Waals surface area contributed by atoms with E-state index in [1.54, 1.807) is 24.3 Å². The molecule has 6 heteroatoms. The number of carbonyl (C=O) groups is 1. The highest BCUT2D eigenvalue weighted by Crippen LogP contribution is 2.24. The summed E-state index contributed by atoms with van der Waals surface area (Å²) in [6, 6.07) is 6.83. The van der Waals surface area contributed by atoms with Crippen LogP contribution in [0, 0.1) is 5.92 Å². The Morgan fingerprint density at radius 3 is 2.62 bits per heavy atom. The van der Waals surface area contributed by atoms with Crippen molar-refractivity contribution in [2.45, 2.75) is 38.6 Å². The van der Waals surface area contributed by atoms with Gasteiger partial charge in [0, 0.05) is 6.04 Å². The third-order valence-electron chi connectivity index (χ3n) is 3.74. The van der Waals surface area contributed by atoms with Crippen molar-refractivity contribution in [2.75, 3.05) is 11.0 Å². The van der Waals surface area contributed by atoms with E-state index in [9.17, 15) is 13.2 Å². The fraction of sp³-hybridized carbons (Fsp3) is 0.533. The van der Waals surface area contributed by atoms with Gasteiger partial charge in [-0.3, -0.25) is 9.52 Å². The molecule has 0 aliphatic heterocycles. The molecule has 21 heavy (non-hydrogen) atoms. The number of amides is 1. The van der Waals surface area contributed by atoms with Crippen LogP contribution < -0.4 is 10.0 Å². The van der Waals surface area contributed by atoms with Gasteiger partial charge in [0.15, 0.2) is 0 Å². The molecule has 2 rings (SSSR count). The van der Waals surface area contributed by atoms with Crippen LogP contribution in [-0.4, -0.2) is 26.6 Å². The van der Waals surface area contributed by atoms with Crippen molar-refractivity contribution < 1.29 is 13.2 Å². The Morgan fingerprint density at radius 1 is 1.24 bits per heavy atom. The van der Waals surface area contributed by atoms with E-state index in [-0.39, 0.29) is 11.9 Å². The van der Waals surface area contributed by atoms with Crippen molar-refractivity contribution in [3.63, 3.8) is 0 Å². The third-order valence-corrected chi connectivity index (χ3v) is 4.33. The first-order chi connectivity index (χ1) is 9.85. The van der Waals surface area contributed by atoms with Crippen LogP contribution in [0.15, 0.2) is 24.3 Å². The van der Waals surface area contributed by atoms with Crippen molar-refractivity contribution in [3.05, 3.63) is 29.8 Å². The SMILES string of the molecule is CC1CCCC(NC(=O)c2ccccc2NS(C)(=O)=O)C1. The van der Waals surface area contributed by atoms with E-state index in [4.69, 9.17) is 0 Å². The molecule has 1 amide bonds. The van der Waals surface area contributed by atoms with Gasteiger partial charge in [-0.1, -0.05) is 31.9 Å². The van der Waals surface area contributed by atoms with E-state index in [2.05, 4.69) is 17.0 Å². The number of anilines is 1. The van der Waals surface area contributed by atoms with E-state index >= 15 is 0 Å². The van der Waals surface area contributed by atoms with Crippen molar-refractivity contribution in [1.29, 1.82) is 0 Å². The number of nitrogens with one attached hydrogen (secondary N) is 2. The van der Waals surface area contributed by atoms with Gasteiger partial charge >= 0.3 is 0 Å². The Labute approximate surface area is 126 Å². The van der Waals surface area contributed by atoms with Crippen molar-refractivity contribution in [2.24, 2.45) is 5.92 Å². The van der Waals surface area contributed by atoms with Gasteiger partial charge in [-0.05, 0) is 30.9 Å². The predicted molar refractivity (Wildman–Crippen MR) is 83.8 cm³/mol. The molecule has 1 aromatic carbocycles. The van der Waals surface area contributed by atoms with Crippen molar-refractivity contribution in [1.82, 2.24) is 5.32 Å². The lowest BCUT2D eigenvalue weighted by atomic mass is 9.87. The van der Waals surface area contributed by atoms with Crippen molar-refractivity contribution >= 4 is 21.6 Å². The minimum atomic E-state index is -3.41. The molecule has 2 N–H and O–H groups in total. The zero-order valence-corrected chi connectivity index (χ0v) is 13.2. The van der Waals surface area contributed by atoms with E-state index in [0.29, 0.717) is 17.2 Å². The fourth-order valence-corrected chi connectivity index (χ4v) is 3.38. The molecule has 5 nitrogen and oxygen atoms in total. The summed E-state index contributed by atoms with van der Waals surface area (Å²) in [5.41, 5.74) is 0.683. The minimum absolute atomic E-state index is 0.174. The zero-order chi connectivity index (χ0) is 15.5. The second-order valence-electron chi connectivity index (χ2n) is 5.86. The summed E-state index contributed by atoms with van der Waals surface area (Å²) in [6.07, 6.45) is 5.36. The highest BCUT2D eigenvalue weighted by Gasteiger charge is 2.22. The summed E-state index contributed by atoms with van der Waals surface area (Å²) < 4.78 is 25.1. The second kappa shape index (κ2) is 6.47. The smallest absolute Gasteiger partial charge is 0.253 e. The van der Waals surface area contributed by atoms with Crippen LogP contribution in [0.2, 0.25) is 0 Å². The molecule has 1 aliphatic rings. The van der Waals surface area contributed by atoms with Gasteiger partial charge in [0.1, 0.15) is 0 Å². The van der Waals surface area contributed by atoms with Gasteiger partial charge in [-0.2, -0.15) is 0 Å². The highest BCUT2D eigenvalue weighted by atomic mass is 32.2. The normalized spacial score (nSPS) is 22.6. The molecule has 1 fully saturated rings. The van der Waals surface area contributed by atoms with E-state index in [1.165, 1.54) is 6.42 Å². The van der Waals surface area contributed by atoms with Crippen LogP contribution in [0.3, 0.4) is 0 Å². The molecule has 0 aromatic heterocycles. The molecule has 0 saturated heterocycles. The number of carbonyl (C=O) groups excluding carboxylic acids is 1. The van der Waals surface area contributed by atoms with Crippen LogP contribution in [0.1, 0.15) is 43.0 Å². The molecular weight excluding hydrogens is 288 g/mol. The third kappa shape index (κ3) is 4.74. The number of hydrogen-bond acceptors (Lipinski definition) is 3. The Balaban J connectivity index is 2.12. The Morgan fingerprint density at radius 2 is 1.95 bits per heavy atom. The van der Waals surface area contributed by atoms with E-state index in [0.717, 1.165) is 25.5 Å². The summed E-state index contributed by atoms with van der Waals surface area (Å²) >= 11 is 0. The molecule has 116 valence electrons. The van der Waals surface area contributed by atoms with Gasteiger partial charge in [0.25, 0.3) is 5.91 Å². The number of hydrogen-bond donors (Lipinski definition) is 2. The molecule has 0 spiro atoms. The topological polar surface area (TPSA) is 75.3 Å². The number of benzene rings is 1.